The van der Waals surface area contributed by atoms with Crippen molar-refractivity contribution in [3.05, 3.63) is 11.4 Å². The summed E-state index contributed by atoms with van der Waals surface area (Å²) in [5.41, 5.74) is 0.0830. The number of hydrogen-bond donors (Lipinski definition) is 1. The first-order chi connectivity index (χ1) is 10.0. The van der Waals surface area contributed by atoms with Crippen molar-refractivity contribution < 1.29 is 24.2 Å². The van der Waals surface area contributed by atoms with E-state index in [2.05, 4.69) is 10.3 Å². The highest BCUT2D eigenvalue weighted by molar-refractivity contribution is 5.86. The van der Waals surface area contributed by atoms with Gasteiger partial charge in [-0.05, 0) is 6.92 Å². The molecule has 2 heterocycles. The van der Waals surface area contributed by atoms with E-state index in [4.69, 9.17) is 14.6 Å². The third-order valence-electron chi connectivity index (χ3n) is 3.20. The van der Waals surface area contributed by atoms with Crippen molar-refractivity contribution in [2.45, 2.75) is 26.2 Å². The lowest BCUT2D eigenvalue weighted by Gasteiger charge is -2.31. The summed E-state index contributed by atoms with van der Waals surface area (Å²) in [6.45, 7) is 3.39. The molecule has 1 aromatic rings. The van der Waals surface area contributed by atoms with Crippen LogP contribution < -0.4 is 0 Å². The van der Waals surface area contributed by atoms with Crippen molar-refractivity contribution >= 4 is 11.9 Å². The summed E-state index contributed by atoms with van der Waals surface area (Å²) in [7, 11) is 1.44. The average molecular weight is 298 g/mol. The summed E-state index contributed by atoms with van der Waals surface area (Å²) in [5, 5.41) is 16.4. The zero-order valence-electron chi connectivity index (χ0n) is 12.0. The maximum absolute atomic E-state index is 12.2. The molecule has 0 aromatic carbocycles. The van der Waals surface area contributed by atoms with Gasteiger partial charge in [0.05, 0.1) is 25.0 Å². The Kier molecular flexibility index (Phi) is 4.86. The number of ether oxygens (including phenoxy) is 2. The molecule has 1 aromatic heterocycles. The Hall–Kier alpha value is -2.00. The lowest BCUT2D eigenvalue weighted by atomic mass is 10.3. The van der Waals surface area contributed by atoms with Crippen LogP contribution in [-0.4, -0.2) is 69.8 Å². The van der Waals surface area contributed by atoms with Gasteiger partial charge >= 0.3 is 5.97 Å². The van der Waals surface area contributed by atoms with Crippen molar-refractivity contribution in [1.82, 2.24) is 19.9 Å². The number of hydrogen-bond acceptors (Lipinski definition) is 6. The zero-order valence-corrected chi connectivity index (χ0v) is 12.0. The number of methoxy groups -OCH3 is 1. The van der Waals surface area contributed by atoms with Crippen LogP contribution in [0.5, 0.6) is 0 Å². The van der Waals surface area contributed by atoms with Crippen LogP contribution in [0.4, 0.5) is 0 Å². The molecule has 0 radical (unpaired) electrons. The second-order valence-corrected chi connectivity index (χ2v) is 4.80. The SMILES string of the molecule is COCc1c(C(=O)O)nnn1CC(=O)N1CCOC(C)C1. The van der Waals surface area contributed by atoms with Crippen molar-refractivity contribution in [2.24, 2.45) is 0 Å². The van der Waals surface area contributed by atoms with E-state index in [-0.39, 0.29) is 36.6 Å². The second-order valence-electron chi connectivity index (χ2n) is 4.80. The lowest BCUT2D eigenvalue weighted by Crippen LogP contribution is -2.46. The van der Waals surface area contributed by atoms with E-state index in [1.807, 2.05) is 6.92 Å². The van der Waals surface area contributed by atoms with Crippen LogP contribution in [-0.2, 0) is 27.4 Å². The number of carboxylic acids is 1. The van der Waals surface area contributed by atoms with Crippen molar-refractivity contribution in [3.8, 4) is 0 Å². The standard InChI is InChI=1S/C12H18N4O5/c1-8-5-15(3-4-21-8)10(17)6-16-9(7-20-2)11(12(18)19)13-14-16/h8H,3-7H2,1-2H3,(H,18,19). The smallest absolute Gasteiger partial charge is 0.358 e. The fourth-order valence-corrected chi connectivity index (χ4v) is 2.18. The van der Waals surface area contributed by atoms with E-state index in [0.29, 0.717) is 19.7 Å². The Morgan fingerprint density at radius 2 is 2.29 bits per heavy atom. The fourth-order valence-electron chi connectivity index (χ4n) is 2.18. The predicted molar refractivity (Wildman–Crippen MR) is 69.7 cm³/mol. The number of carbonyl (C=O) groups excluding carboxylic acids is 1. The molecule has 1 aliphatic rings. The highest BCUT2D eigenvalue weighted by Crippen LogP contribution is 2.10. The Labute approximate surface area is 121 Å². The van der Waals surface area contributed by atoms with E-state index in [9.17, 15) is 9.59 Å². The summed E-state index contributed by atoms with van der Waals surface area (Å²) in [6.07, 6.45) is -0.00790. The molecule has 1 amide bonds. The number of amides is 1. The van der Waals surface area contributed by atoms with E-state index in [1.54, 1.807) is 4.90 Å². The number of aromatic carboxylic acids is 1. The minimum atomic E-state index is -1.19. The number of nitrogens with zero attached hydrogens (tertiary/aromatic N) is 4. The number of carboxylic acid groups (broad SMARTS) is 1. The summed E-state index contributed by atoms with van der Waals surface area (Å²) in [5.74, 6) is -1.34. The molecule has 1 atom stereocenters. The van der Waals surface area contributed by atoms with Gasteiger partial charge in [0.1, 0.15) is 6.54 Å². The van der Waals surface area contributed by atoms with Gasteiger partial charge in [-0.25, -0.2) is 9.48 Å². The summed E-state index contributed by atoms with van der Waals surface area (Å²) < 4.78 is 11.6. The molecule has 1 N–H and O–H groups in total. The molecular weight excluding hydrogens is 280 g/mol. The first kappa shape index (κ1) is 15.4. The van der Waals surface area contributed by atoms with Gasteiger partial charge in [-0.3, -0.25) is 4.79 Å². The van der Waals surface area contributed by atoms with E-state index in [1.165, 1.54) is 11.8 Å². The van der Waals surface area contributed by atoms with Crippen molar-refractivity contribution in [1.29, 1.82) is 0 Å². The molecular formula is C12H18N4O5. The Morgan fingerprint density at radius 3 is 2.90 bits per heavy atom. The molecule has 1 saturated heterocycles. The number of carbonyl (C=O) groups is 2. The molecule has 0 aliphatic carbocycles. The Bertz CT molecular complexity index is 530. The van der Waals surface area contributed by atoms with Crippen LogP contribution in [0.2, 0.25) is 0 Å². The van der Waals surface area contributed by atoms with Crippen LogP contribution in [0.25, 0.3) is 0 Å². The minimum absolute atomic E-state index is 0.00790. The highest BCUT2D eigenvalue weighted by atomic mass is 16.5. The van der Waals surface area contributed by atoms with Gasteiger partial charge in [0.2, 0.25) is 5.91 Å². The van der Waals surface area contributed by atoms with Gasteiger partial charge < -0.3 is 19.5 Å². The van der Waals surface area contributed by atoms with Gasteiger partial charge in [0, 0.05) is 20.2 Å². The van der Waals surface area contributed by atoms with Crippen molar-refractivity contribution in [2.75, 3.05) is 26.8 Å². The van der Waals surface area contributed by atoms with Gasteiger partial charge in [-0.1, -0.05) is 5.21 Å². The van der Waals surface area contributed by atoms with E-state index in [0.717, 1.165) is 0 Å². The maximum Gasteiger partial charge on any atom is 0.358 e. The van der Waals surface area contributed by atoms with Crippen LogP contribution in [0.1, 0.15) is 23.1 Å². The molecule has 0 spiro atoms. The van der Waals surface area contributed by atoms with Crippen LogP contribution in [0.3, 0.4) is 0 Å². The van der Waals surface area contributed by atoms with Crippen molar-refractivity contribution in [3.63, 3.8) is 0 Å². The highest BCUT2D eigenvalue weighted by Gasteiger charge is 2.25. The van der Waals surface area contributed by atoms with Gasteiger partial charge in [-0.2, -0.15) is 0 Å². The topological polar surface area (TPSA) is 107 Å². The minimum Gasteiger partial charge on any atom is -0.476 e. The lowest BCUT2D eigenvalue weighted by molar-refractivity contribution is -0.139. The normalized spacial score (nSPS) is 18.8. The third-order valence-corrected chi connectivity index (χ3v) is 3.20. The maximum atomic E-state index is 12.2. The first-order valence-corrected chi connectivity index (χ1v) is 6.57. The monoisotopic (exact) mass is 298 g/mol. The molecule has 116 valence electrons. The van der Waals surface area contributed by atoms with Gasteiger partial charge in [-0.15, -0.1) is 5.10 Å². The molecule has 2 rings (SSSR count). The summed E-state index contributed by atoms with van der Waals surface area (Å²) in [4.78, 5) is 25.0. The number of morpholine rings is 1. The Morgan fingerprint density at radius 1 is 1.52 bits per heavy atom. The molecule has 1 unspecified atom stereocenters. The Balaban J connectivity index is 2.11. The molecule has 9 nitrogen and oxygen atoms in total. The zero-order chi connectivity index (χ0) is 15.4. The fraction of sp³-hybridized carbons (Fsp3) is 0.667. The van der Waals surface area contributed by atoms with E-state index >= 15 is 0 Å². The van der Waals surface area contributed by atoms with E-state index < -0.39 is 5.97 Å². The summed E-state index contributed by atoms with van der Waals surface area (Å²) >= 11 is 0. The quantitative estimate of drug-likeness (QED) is 0.771. The van der Waals surface area contributed by atoms with Gasteiger partial charge in [0.15, 0.2) is 5.69 Å². The molecule has 0 bridgehead atoms. The molecule has 1 aliphatic heterocycles. The number of rotatable bonds is 5. The van der Waals surface area contributed by atoms with Crippen LogP contribution in [0.15, 0.2) is 0 Å². The second kappa shape index (κ2) is 6.64. The molecule has 0 saturated carbocycles. The third kappa shape index (κ3) is 3.56. The average Bonchev–Trinajstić information content (AvgIpc) is 2.82. The first-order valence-electron chi connectivity index (χ1n) is 6.57. The molecule has 9 heteroatoms. The number of aromatic nitrogens is 3. The van der Waals surface area contributed by atoms with Crippen LogP contribution >= 0.6 is 0 Å². The largest absolute Gasteiger partial charge is 0.476 e. The van der Waals surface area contributed by atoms with Gasteiger partial charge in [0.25, 0.3) is 0 Å². The predicted octanol–water partition coefficient (Wildman–Crippen LogP) is -0.630. The summed E-state index contributed by atoms with van der Waals surface area (Å²) in [6, 6.07) is 0. The molecule has 21 heavy (non-hydrogen) atoms. The van der Waals surface area contributed by atoms with Crippen LogP contribution in [0, 0.1) is 0 Å². The molecule has 1 fully saturated rings.